The summed E-state index contributed by atoms with van der Waals surface area (Å²) in [6, 6.07) is 8.40. The fourth-order valence-electron chi connectivity index (χ4n) is 2.81. The SMILES string of the molecule is Cc1ccc(Cl)cc1S(=O)(=O)N1CCNCC1c1cccnc1. The first-order chi connectivity index (χ1) is 11.0. The van der Waals surface area contributed by atoms with Gasteiger partial charge in [-0.05, 0) is 36.2 Å². The van der Waals surface area contributed by atoms with Crippen LogP contribution in [0.1, 0.15) is 17.2 Å². The van der Waals surface area contributed by atoms with Crippen molar-refractivity contribution in [3.8, 4) is 0 Å². The molecule has 1 saturated heterocycles. The minimum Gasteiger partial charge on any atom is -0.313 e. The van der Waals surface area contributed by atoms with Crippen LogP contribution in [-0.4, -0.2) is 37.3 Å². The second-order valence-electron chi connectivity index (χ2n) is 5.53. The van der Waals surface area contributed by atoms with Gasteiger partial charge in [-0.25, -0.2) is 8.42 Å². The van der Waals surface area contributed by atoms with Crippen LogP contribution in [0.3, 0.4) is 0 Å². The summed E-state index contributed by atoms with van der Waals surface area (Å²) in [6.45, 7) is 3.37. The zero-order valence-electron chi connectivity index (χ0n) is 12.7. The highest BCUT2D eigenvalue weighted by atomic mass is 35.5. The maximum atomic E-state index is 13.2. The first kappa shape index (κ1) is 16.4. The molecule has 0 radical (unpaired) electrons. The Balaban J connectivity index is 2.04. The van der Waals surface area contributed by atoms with Crippen molar-refractivity contribution in [2.45, 2.75) is 17.9 Å². The third kappa shape index (κ3) is 3.26. The van der Waals surface area contributed by atoms with Gasteiger partial charge in [0.25, 0.3) is 0 Å². The van der Waals surface area contributed by atoms with Crippen molar-refractivity contribution < 1.29 is 8.42 Å². The average molecular weight is 352 g/mol. The standard InChI is InChI=1S/C16H18ClN3O2S/c1-12-4-5-14(17)9-16(12)23(21,22)20-8-7-19-11-15(20)13-3-2-6-18-10-13/h2-6,9-10,15,19H,7-8,11H2,1H3. The van der Waals surface area contributed by atoms with Crippen molar-refractivity contribution in [3.63, 3.8) is 0 Å². The zero-order chi connectivity index (χ0) is 16.4. The Kier molecular flexibility index (Phi) is 4.68. The number of rotatable bonds is 3. The van der Waals surface area contributed by atoms with E-state index < -0.39 is 10.0 Å². The molecule has 0 saturated carbocycles. The summed E-state index contributed by atoms with van der Waals surface area (Å²) >= 11 is 6.01. The lowest BCUT2D eigenvalue weighted by Gasteiger charge is -2.35. The second kappa shape index (κ2) is 6.57. The molecule has 1 atom stereocenters. The van der Waals surface area contributed by atoms with Gasteiger partial charge in [0, 0.05) is 37.1 Å². The quantitative estimate of drug-likeness (QED) is 0.922. The van der Waals surface area contributed by atoms with Crippen molar-refractivity contribution >= 4 is 21.6 Å². The van der Waals surface area contributed by atoms with Gasteiger partial charge in [0.15, 0.2) is 0 Å². The molecule has 23 heavy (non-hydrogen) atoms. The van der Waals surface area contributed by atoms with E-state index in [4.69, 9.17) is 11.6 Å². The van der Waals surface area contributed by atoms with Crippen molar-refractivity contribution in [3.05, 3.63) is 58.9 Å². The summed E-state index contributed by atoms with van der Waals surface area (Å²) in [5.74, 6) is 0. The number of nitrogens with zero attached hydrogens (tertiary/aromatic N) is 2. The van der Waals surface area contributed by atoms with Gasteiger partial charge in [-0.1, -0.05) is 23.7 Å². The molecule has 2 aromatic rings. The summed E-state index contributed by atoms with van der Waals surface area (Å²) in [6.07, 6.45) is 3.39. The topological polar surface area (TPSA) is 62.3 Å². The van der Waals surface area contributed by atoms with Gasteiger partial charge in [0.2, 0.25) is 10.0 Å². The minimum atomic E-state index is -3.63. The van der Waals surface area contributed by atoms with Gasteiger partial charge in [-0.15, -0.1) is 0 Å². The van der Waals surface area contributed by atoms with Gasteiger partial charge < -0.3 is 5.32 Å². The van der Waals surface area contributed by atoms with Gasteiger partial charge >= 0.3 is 0 Å². The normalized spacial score (nSPS) is 19.7. The second-order valence-corrected chi connectivity index (χ2v) is 7.83. The molecule has 0 aliphatic carbocycles. The number of piperazine rings is 1. The molecule has 3 rings (SSSR count). The molecule has 1 N–H and O–H groups in total. The lowest BCUT2D eigenvalue weighted by Crippen LogP contribution is -2.48. The maximum absolute atomic E-state index is 13.2. The number of aryl methyl sites for hydroxylation is 1. The summed E-state index contributed by atoms with van der Waals surface area (Å²) in [7, 11) is -3.63. The number of pyridine rings is 1. The lowest BCUT2D eigenvalue weighted by molar-refractivity contribution is 0.271. The molecule has 0 spiro atoms. The Hall–Kier alpha value is -1.47. The summed E-state index contributed by atoms with van der Waals surface area (Å²) in [4.78, 5) is 4.38. The third-order valence-electron chi connectivity index (χ3n) is 4.00. The number of hydrogen-bond donors (Lipinski definition) is 1. The van der Waals surface area contributed by atoms with E-state index in [2.05, 4.69) is 10.3 Å². The fourth-order valence-corrected chi connectivity index (χ4v) is 4.91. The Morgan fingerprint density at radius 3 is 2.91 bits per heavy atom. The third-order valence-corrected chi connectivity index (χ3v) is 6.29. The Labute approximate surface area is 141 Å². The van der Waals surface area contributed by atoms with Crippen molar-refractivity contribution in [1.82, 2.24) is 14.6 Å². The molecule has 122 valence electrons. The molecule has 2 heterocycles. The van der Waals surface area contributed by atoms with E-state index in [-0.39, 0.29) is 10.9 Å². The lowest BCUT2D eigenvalue weighted by atomic mass is 10.1. The van der Waals surface area contributed by atoms with Crippen LogP contribution >= 0.6 is 11.6 Å². The first-order valence-corrected chi connectivity index (χ1v) is 9.20. The van der Waals surface area contributed by atoms with E-state index in [1.807, 2.05) is 12.1 Å². The number of nitrogens with one attached hydrogen (secondary N) is 1. The smallest absolute Gasteiger partial charge is 0.244 e. The minimum absolute atomic E-state index is 0.265. The highest BCUT2D eigenvalue weighted by Crippen LogP contribution is 2.31. The highest BCUT2D eigenvalue weighted by Gasteiger charge is 2.35. The molecule has 0 bridgehead atoms. The van der Waals surface area contributed by atoms with Crippen LogP contribution in [0.5, 0.6) is 0 Å². The number of benzene rings is 1. The molecule has 1 aliphatic heterocycles. The van der Waals surface area contributed by atoms with Gasteiger partial charge in [-0.2, -0.15) is 4.31 Å². The molecule has 0 amide bonds. The Morgan fingerprint density at radius 2 is 2.17 bits per heavy atom. The molecule has 1 aliphatic rings. The molecule has 1 aromatic carbocycles. The molecule has 1 fully saturated rings. The molecule has 1 unspecified atom stereocenters. The predicted octanol–water partition coefficient (Wildman–Crippen LogP) is 2.38. The van der Waals surface area contributed by atoms with Crippen LogP contribution in [0, 0.1) is 6.92 Å². The van der Waals surface area contributed by atoms with Crippen molar-refractivity contribution in [2.75, 3.05) is 19.6 Å². The molecule has 7 heteroatoms. The predicted molar refractivity (Wildman–Crippen MR) is 89.9 cm³/mol. The number of halogens is 1. The van der Waals surface area contributed by atoms with Crippen LogP contribution in [0.4, 0.5) is 0 Å². The van der Waals surface area contributed by atoms with Crippen LogP contribution < -0.4 is 5.32 Å². The number of aromatic nitrogens is 1. The Morgan fingerprint density at radius 1 is 1.35 bits per heavy atom. The first-order valence-electron chi connectivity index (χ1n) is 7.39. The number of sulfonamides is 1. The van der Waals surface area contributed by atoms with Crippen LogP contribution in [0.15, 0.2) is 47.6 Å². The number of hydrogen-bond acceptors (Lipinski definition) is 4. The van der Waals surface area contributed by atoms with E-state index in [1.54, 1.807) is 35.8 Å². The Bertz CT molecular complexity index is 796. The van der Waals surface area contributed by atoms with E-state index in [9.17, 15) is 8.42 Å². The van der Waals surface area contributed by atoms with Gasteiger partial charge in [0.05, 0.1) is 10.9 Å². The largest absolute Gasteiger partial charge is 0.313 e. The average Bonchev–Trinajstić information content (AvgIpc) is 2.58. The summed E-state index contributed by atoms with van der Waals surface area (Å²) < 4.78 is 27.9. The molecule has 5 nitrogen and oxygen atoms in total. The van der Waals surface area contributed by atoms with E-state index in [1.165, 1.54) is 6.07 Å². The van der Waals surface area contributed by atoms with Crippen LogP contribution in [0.2, 0.25) is 5.02 Å². The van der Waals surface area contributed by atoms with E-state index in [0.717, 1.165) is 5.56 Å². The van der Waals surface area contributed by atoms with Crippen LogP contribution in [0.25, 0.3) is 0 Å². The van der Waals surface area contributed by atoms with Crippen LogP contribution in [-0.2, 0) is 10.0 Å². The van der Waals surface area contributed by atoms with E-state index in [0.29, 0.717) is 30.2 Å². The van der Waals surface area contributed by atoms with E-state index >= 15 is 0 Å². The summed E-state index contributed by atoms with van der Waals surface area (Å²) in [5, 5.41) is 3.67. The monoisotopic (exact) mass is 351 g/mol. The van der Waals surface area contributed by atoms with Gasteiger partial charge in [0.1, 0.15) is 0 Å². The van der Waals surface area contributed by atoms with Gasteiger partial charge in [-0.3, -0.25) is 4.98 Å². The van der Waals surface area contributed by atoms with Crippen molar-refractivity contribution in [1.29, 1.82) is 0 Å². The zero-order valence-corrected chi connectivity index (χ0v) is 14.3. The summed E-state index contributed by atoms with van der Waals surface area (Å²) in [5.41, 5.74) is 1.57. The molecule has 1 aromatic heterocycles. The maximum Gasteiger partial charge on any atom is 0.244 e. The highest BCUT2D eigenvalue weighted by molar-refractivity contribution is 7.89. The molecular formula is C16H18ClN3O2S. The van der Waals surface area contributed by atoms with Crippen molar-refractivity contribution in [2.24, 2.45) is 0 Å². The fraction of sp³-hybridized carbons (Fsp3) is 0.312. The molecular weight excluding hydrogens is 334 g/mol.